The molecule has 0 aliphatic heterocycles. The molecule has 1 unspecified atom stereocenters. The summed E-state index contributed by atoms with van der Waals surface area (Å²) in [5.41, 5.74) is -0.0715. The molecular formula is C13H18O6. The maximum atomic E-state index is 11.6. The second-order valence-corrected chi connectivity index (χ2v) is 4.23. The van der Waals surface area contributed by atoms with Gasteiger partial charge in [-0.1, -0.05) is 13.3 Å². The zero-order chi connectivity index (χ0) is 14.4. The van der Waals surface area contributed by atoms with Crippen LogP contribution in [-0.4, -0.2) is 39.1 Å². The average molecular weight is 270 g/mol. The van der Waals surface area contributed by atoms with E-state index in [0.717, 1.165) is 18.6 Å². The first kappa shape index (κ1) is 15.1. The average Bonchev–Trinajstić information content (AvgIpc) is 2.35. The van der Waals surface area contributed by atoms with Crippen molar-refractivity contribution < 1.29 is 30.0 Å². The summed E-state index contributed by atoms with van der Waals surface area (Å²) in [5.74, 6) is -2.62. The SMILES string of the molecule is CCCC(O)CCOC(=O)c1cc(O)c(O)c(O)c1. The van der Waals surface area contributed by atoms with E-state index in [2.05, 4.69) is 0 Å². The maximum Gasteiger partial charge on any atom is 0.338 e. The Balaban J connectivity index is 2.55. The van der Waals surface area contributed by atoms with Crippen LogP contribution in [0.15, 0.2) is 12.1 Å². The lowest BCUT2D eigenvalue weighted by Crippen LogP contribution is -2.13. The van der Waals surface area contributed by atoms with Gasteiger partial charge >= 0.3 is 5.97 Å². The molecule has 6 nitrogen and oxygen atoms in total. The Hall–Kier alpha value is -1.95. The molecule has 0 aliphatic rings. The Morgan fingerprint density at radius 1 is 1.21 bits per heavy atom. The van der Waals surface area contributed by atoms with Crippen LogP contribution in [0.4, 0.5) is 0 Å². The van der Waals surface area contributed by atoms with Crippen LogP contribution < -0.4 is 0 Å². The fourth-order valence-electron chi connectivity index (χ4n) is 1.57. The molecule has 0 fully saturated rings. The Morgan fingerprint density at radius 2 is 1.79 bits per heavy atom. The van der Waals surface area contributed by atoms with Crippen LogP contribution in [0.5, 0.6) is 17.2 Å². The number of aliphatic hydroxyl groups excluding tert-OH is 1. The van der Waals surface area contributed by atoms with Crippen molar-refractivity contribution in [3.8, 4) is 17.2 Å². The van der Waals surface area contributed by atoms with Crippen LogP contribution in [0, 0.1) is 0 Å². The van der Waals surface area contributed by atoms with Gasteiger partial charge in [-0.15, -0.1) is 0 Å². The third-order valence-electron chi connectivity index (χ3n) is 2.61. The molecule has 0 bridgehead atoms. The number of benzene rings is 1. The van der Waals surface area contributed by atoms with Gasteiger partial charge in [0.2, 0.25) is 0 Å². The lowest BCUT2D eigenvalue weighted by molar-refractivity contribution is 0.0423. The molecule has 0 aromatic heterocycles. The van der Waals surface area contributed by atoms with Gasteiger partial charge in [0.25, 0.3) is 0 Å². The predicted octanol–water partition coefficient (Wildman–Crippen LogP) is 1.51. The van der Waals surface area contributed by atoms with Crippen LogP contribution >= 0.6 is 0 Å². The molecule has 0 aliphatic carbocycles. The molecule has 1 aromatic rings. The molecule has 0 amide bonds. The number of aromatic hydroxyl groups is 3. The molecule has 0 saturated carbocycles. The van der Waals surface area contributed by atoms with E-state index >= 15 is 0 Å². The minimum Gasteiger partial charge on any atom is -0.504 e. The van der Waals surface area contributed by atoms with E-state index in [9.17, 15) is 20.1 Å². The molecular weight excluding hydrogens is 252 g/mol. The normalized spacial score (nSPS) is 12.1. The monoisotopic (exact) mass is 270 g/mol. The van der Waals surface area contributed by atoms with E-state index in [1.165, 1.54) is 0 Å². The van der Waals surface area contributed by atoms with E-state index in [-0.39, 0.29) is 12.2 Å². The van der Waals surface area contributed by atoms with Gasteiger partial charge < -0.3 is 25.2 Å². The highest BCUT2D eigenvalue weighted by Crippen LogP contribution is 2.35. The van der Waals surface area contributed by atoms with Crippen molar-refractivity contribution >= 4 is 5.97 Å². The third kappa shape index (κ3) is 4.33. The molecule has 1 atom stereocenters. The molecule has 0 spiro atoms. The van der Waals surface area contributed by atoms with Gasteiger partial charge in [-0.3, -0.25) is 0 Å². The summed E-state index contributed by atoms with van der Waals surface area (Å²) in [6, 6.07) is 2.00. The van der Waals surface area contributed by atoms with Crippen molar-refractivity contribution in [1.29, 1.82) is 0 Å². The van der Waals surface area contributed by atoms with Crippen molar-refractivity contribution in [3.63, 3.8) is 0 Å². The minimum absolute atomic E-state index is 0.0440. The first-order chi connectivity index (χ1) is 8.95. The first-order valence-electron chi connectivity index (χ1n) is 6.05. The fraction of sp³-hybridized carbons (Fsp3) is 0.462. The largest absolute Gasteiger partial charge is 0.504 e. The van der Waals surface area contributed by atoms with Crippen molar-refractivity contribution in [2.24, 2.45) is 0 Å². The van der Waals surface area contributed by atoms with E-state index in [0.29, 0.717) is 12.8 Å². The molecule has 106 valence electrons. The summed E-state index contributed by atoms with van der Waals surface area (Å²) in [6.45, 7) is 1.99. The van der Waals surface area contributed by atoms with Crippen LogP contribution in [0.25, 0.3) is 0 Å². The van der Waals surface area contributed by atoms with Gasteiger partial charge in [-0.25, -0.2) is 4.79 Å². The maximum absolute atomic E-state index is 11.6. The van der Waals surface area contributed by atoms with Gasteiger partial charge in [0.15, 0.2) is 17.2 Å². The number of rotatable bonds is 6. The Bertz CT molecular complexity index is 420. The molecule has 0 heterocycles. The third-order valence-corrected chi connectivity index (χ3v) is 2.61. The number of carbonyl (C=O) groups is 1. The molecule has 0 saturated heterocycles. The number of esters is 1. The summed E-state index contributed by atoms with van der Waals surface area (Å²) >= 11 is 0. The summed E-state index contributed by atoms with van der Waals surface area (Å²) < 4.78 is 4.89. The lowest BCUT2D eigenvalue weighted by Gasteiger charge is -2.10. The molecule has 6 heteroatoms. The second-order valence-electron chi connectivity index (χ2n) is 4.23. The number of aliphatic hydroxyl groups is 1. The highest BCUT2D eigenvalue weighted by Gasteiger charge is 2.15. The summed E-state index contributed by atoms with van der Waals surface area (Å²) in [7, 11) is 0. The number of ether oxygens (including phenoxy) is 1. The number of phenols is 3. The van der Waals surface area contributed by atoms with Gasteiger partial charge in [-0.2, -0.15) is 0 Å². The van der Waals surface area contributed by atoms with Crippen LogP contribution in [0.3, 0.4) is 0 Å². The van der Waals surface area contributed by atoms with Gasteiger partial charge in [0, 0.05) is 6.42 Å². The predicted molar refractivity (Wildman–Crippen MR) is 67.3 cm³/mol. The van der Waals surface area contributed by atoms with Crippen molar-refractivity contribution in [1.82, 2.24) is 0 Å². The highest BCUT2D eigenvalue weighted by atomic mass is 16.5. The van der Waals surface area contributed by atoms with Gasteiger partial charge in [0.1, 0.15) is 0 Å². The number of phenolic OH excluding ortho intramolecular Hbond substituents is 3. The molecule has 19 heavy (non-hydrogen) atoms. The fourth-order valence-corrected chi connectivity index (χ4v) is 1.57. The zero-order valence-electron chi connectivity index (χ0n) is 10.7. The lowest BCUT2D eigenvalue weighted by atomic mass is 10.1. The number of hydrogen-bond donors (Lipinski definition) is 4. The van der Waals surface area contributed by atoms with Gasteiger partial charge in [-0.05, 0) is 18.6 Å². The van der Waals surface area contributed by atoms with Crippen molar-refractivity contribution in [3.05, 3.63) is 17.7 Å². The van der Waals surface area contributed by atoms with Crippen LogP contribution in [-0.2, 0) is 4.74 Å². The first-order valence-corrected chi connectivity index (χ1v) is 6.05. The quantitative estimate of drug-likeness (QED) is 0.461. The van der Waals surface area contributed by atoms with E-state index in [1.54, 1.807) is 0 Å². The summed E-state index contributed by atoms with van der Waals surface area (Å²) in [4.78, 5) is 11.6. The van der Waals surface area contributed by atoms with Crippen LogP contribution in [0.2, 0.25) is 0 Å². The zero-order valence-corrected chi connectivity index (χ0v) is 10.7. The standard InChI is InChI=1S/C13H18O6/c1-2-3-9(14)4-5-19-13(18)8-6-10(15)12(17)11(16)7-8/h6-7,9,14-17H,2-5H2,1H3. The summed E-state index contributed by atoms with van der Waals surface area (Å²) in [6.07, 6.45) is 1.29. The molecule has 1 aromatic carbocycles. The Kier molecular flexibility index (Phi) is 5.44. The molecule has 4 N–H and O–H groups in total. The summed E-state index contributed by atoms with van der Waals surface area (Å²) in [5, 5.41) is 37.1. The van der Waals surface area contributed by atoms with E-state index in [4.69, 9.17) is 9.84 Å². The van der Waals surface area contributed by atoms with Crippen molar-refractivity contribution in [2.75, 3.05) is 6.61 Å². The topological polar surface area (TPSA) is 107 Å². The van der Waals surface area contributed by atoms with Crippen LogP contribution in [0.1, 0.15) is 36.5 Å². The second kappa shape index (κ2) is 6.84. The van der Waals surface area contributed by atoms with E-state index < -0.39 is 29.3 Å². The molecule has 0 radical (unpaired) electrons. The van der Waals surface area contributed by atoms with Crippen molar-refractivity contribution in [2.45, 2.75) is 32.3 Å². The van der Waals surface area contributed by atoms with Gasteiger partial charge in [0.05, 0.1) is 18.3 Å². The molecule has 1 rings (SSSR count). The minimum atomic E-state index is -0.741. The Morgan fingerprint density at radius 3 is 2.32 bits per heavy atom. The number of hydrogen-bond acceptors (Lipinski definition) is 6. The smallest absolute Gasteiger partial charge is 0.338 e. The van der Waals surface area contributed by atoms with E-state index in [1.807, 2.05) is 6.92 Å². The number of carbonyl (C=O) groups excluding carboxylic acids is 1. The highest BCUT2D eigenvalue weighted by molar-refractivity contribution is 5.91. The Labute approximate surface area is 110 Å².